The zero-order valence-electron chi connectivity index (χ0n) is 32.9. The predicted molar refractivity (Wildman–Crippen MR) is 201 cm³/mol. The maximum Gasteiger partial charge on any atom is 0.306 e. The maximum absolute atomic E-state index is 12.8. The van der Waals surface area contributed by atoms with E-state index in [0.29, 0.717) is 12.8 Å². The molecule has 2 aliphatic rings. The number of carbonyl (C=O) groups is 2. The van der Waals surface area contributed by atoms with E-state index in [9.17, 15) is 45.3 Å². The van der Waals surface area contributed by atoms with Crippen LogP contribution in [0, 0.1) is 0 Å². The number of unbranched alkanes of at least 4 members (excludes halogenated alkanes) is 11. The van der Waals surface area contributed by atoms with Crippen LogP contribution in [0.3, 0.4) is 0 Å². The molecule has 2 rings (SSSR count). The molecule has 0 amide bonds. The van der Waals surface area contributed by atoms with Gasteiger partial charge in [0.25, 0.3) is 0 Å². The van der Waals surface area contributed by atoms with E-state index in [4.69, 9.17) is 28.4 Å². The normalized spacial score (nSPS) is 29.2. The average Bonchev–Trinajstić information content (AvgIpc) is 3.17. The number of hydrogen-bond acceptors (Lipinski definition) is 15. The second-order valence-electron chi connectivity index (χ2n) is 14.5. The lowest BCUT2D eigenvalue weighted by atomic mass is 9.98. The Bertz CT molecular complexity index is 1070. The van der Waals surface area contributed by atoms with Crippen molar-refractivity contribution in [3.05, 3.63) is 24.3 Å². The summed E-state index contributed by atoms with van der Waals surface area (Å²) in [5.74, 6) is -0.972. The third-order valence-electron chi connectivity index (χ3n) is 9.68. The van der Waals surface area contributed by atoms with Crippen LogP contribution >= 0.6 is 0 Å². The number of ether oxygens (including phenoxy) is 6. The summed E-state index contributed by atoms with van der Waals surface area (Å²) < 4.78 is 33.0. The summed E-state index contributed by atoms with van der Waals surface area (Å²) in [5.41, 5.74) is 0. The lowest BCUT2D eigenvalue weighted by molar-refractivity contribution is -0.332. The first-order valence-corrected chi connectivity index (χ1v) is 20.4. The molecule has 11 atom stereocenters. The summed E-state index contributed by atoms with van der Waals surface area (Å²) in [6, 6.07) is 0. The molecule has 15 nitrogen and oxygen atoms in total. The van der Waals surface area contributed by atoms with Crippen molar-refractivity contribution >= 4 is 11.9 Å². The number of allylic oxidation sites excluding steroid dienone is 4. The predicted octanol–water partition coefficient (Wildman–Crippen LogP) is 2.87. The molecule has 0 aromatic heterocycles. The third kappa shape index (κ3) is 19.3. The van der Waals surface area contributed by atoms with Crippen LogP contribution in [-0.2, 0) is 38.0 Å². The molecule has 0 aromatic carbocycles. The van der Waals surface area contributed by atoms with Gasteiger partial charge in [0.1, 0.15) is 55.4 Å². The van der Waals surface area contributed by atoms with Crippen LogP contribution < -0.4 is 0 Å². The number of rotatable bonds is 29. The average molecular weight is 791 g/mol. The number of aliphatic hydroxyl groups is 7. The zero-order valence-corrected chi connectivity index (χ0v) is 32.9. The van der Waals surface area contributed by atoms with E-state index in [0.717, 1.165) is 57.8 Å². The van der Waals surface area contributed by atoms with Crippen LogP contribution in [0.2, 0.25) is 0 Å². The van der Waals surface area contributed by atoms with E-state index in [1.165, 1.54) is 25.7 Å². The van der Waals surface area contributed by atoms with Gasteiger partial charge in [-0.05, 0) is 44.9 Å². The van der Waals surface area contributed by atoms with Gasteiger partial charge in [-0.15, -0.1) is 0 Å². The standard InChI is InChI=1S/C40H70O15/c1-3-5-7-8-9-10-11-12-13-14-15-16-17-18-19-21-23-32(43)53-28(25-50-31(42)22-20-6-4-2)26-51-39-38(49)36(47)34(45)30(55-39)27-52-40-37(48)35(46)33(44)29(24-41)54-40/h10-11,13-14,28-30,33-41,44-49H,3-9,12,15-27H2,1-2H3/b11-10-,14-13-. The Kier molecular flexibility index (Phi) is 26.1. The Labute approximate surface area is 326 Å². The van der Waals surface area contributed by atoms with Gasteiger partial charge < -0.3 is 64.2 Å². The highest BCUT2D eigenvalue weighted by molar-refractivity contribution is 5.70. The molecule has 0 aliphatic carbocycles. The third-order valence-corrected chi connectivity index (χ3v) is 9.68. The largest absolute Gasteiger partial charge is 0.462 e. The fourth-order valence-corrected chi connectivity index (χ4v) is 6.18. The molecule has 0 spiro atoms. The summed E-state index contributed by atoms with van der Waals surface area (Å²) in [5, 5.41) is 71.4. The van der Waals surface area contributed by atoms with Crippen LogP contribution in [-0.4, -0.2) is 142 Å². The van der Waals surface area contributed by atoms with Gasteiger partial charge in [-0.2, -0.15) is 0 Å². The van der Waals surface area contributed by atoms with E-state index in [1.54, 1.807) is 0 Å². The smallest absolute Gasteiger partial charge is 0.306 e. The number of hydrogen-bond donors (Lipinski definition) is 7. The first-order valence-electron chi connectivity index (χ1n) is 20.4. The molecule has 0 bridgehead atoms. The highest BCUT2D eigenvalue weighted by Crippen LogP contribution is 2.26. The Morgan fingerprint density at radius 3 is 1.73 bits per heavy atom. The fourth-order valence-electron chi connectivity index (χ4n) is 6.18. The van der Waals surface area contributed by atoms with Crippen molar-refractivity contribution in [2.45, 2.75) is 191 Å². The van der Waals surface area contributed by atoms with Gasteiger partial charge in [0, 0.05) is 12.8 Å². The summed E-state index contributed by atoms with van der Waals surface area (Å²) >= 11 is 0. The first-order chi connectivity index (χ1) is 26.5. The van der Waals surface area contributed by atoms with Crippen LogP contribution in [0.1, 0.15) is 123 Å². The molecule has 2 heterocycles. The summed E-state index contributed by atoms with van der Waals surface area (Å²) in [4.78, 5) is 25.1. The number of aliphatic hydroxyl groups excluding tert-OH is 7. The van der Waals surface area contributed by atoms with Crippen LogP contribution in [0.5, 0.6) is 0 Å². The van der Waals surface area contributed by atoms with E-state index in [1.807, 2.05) is 6.92 Å². The highest BCUT2D eigenvalue weighted by Gasteiger charge is 2.47. The van der Waals surface area contributed by atoms with Crippen molar-refractivity contribution in [1.82, 2.24) is 0 Å². The van der Waals surface area contributed by atoms with Crippen molar-refractivity contribution in [2.24, 2.45) is 0 Å². The van der Waals surface area contributed by atoms with Crippen LogP contribution in [0.25, 0.3) is 0 Å². The minimum Gasteiger partial charge on any atom is -0.462 e. The Morgan fingerprint density at radius 2 is 1.09 bits per heavy atom. The molecule has 0 saturated carbocycles. The van der Waals surface area contributed by atoms with Gasteiger partial charge in [0.15, 0.2) is 18.7 Å². The second kappa shape index (κ2) is 29.2. The van der Waals surface area contributed by atoms with Crippen molar-refractivity contribution in [3.63, 3.8) is 0 Å². The van der Waals surface area contributed by atoms with Gasteiger partial charge in [0.05, 0.1) is 19.8 Å². The quantitative estimate of drug-likeness (QED) is 0.0328. The Balaban J connectivity index is 1.82. The molecule has 0 aromatic rings. The number of carbonyl (C=O) groups excluding carboxylic acids is 2. The molecule has 2 saturated heterocycles. The van der Waals surface area contributed by atoms with Crippen LogP contribution in [0.4, 0.5) is 0 Å². The van der Waals surface area contributed by atoms with E-state index >= 15 is 0 Å². The van der Waals surface area contributed by atoms with Gasteiger partial charge >= 0.3 is 11.9 Å². The summed E-state index contributed by atoms with van der Waals surface area (Å²) in [7, 11) is 0. The maximum atomic E-state index is 12.8. The van der Waals surface area contributed by atoms with Crippen molar-refractivity contribution in [3.8, 4) is 0 Å². The van der Waals surface area contributed by atoms with Gasteiger partial charge in [0.2, 0.25) is 0 Å². The Morgan fingerprint density at radius 1 is 0.582 bits per heavy atom. The minimum absolute atomic E-state index is 0.149. The molecular weight excluding hydrogens is 720 g/mol. The number of esters is 2. The second-order valence-corrected chi connectivity index (χ2v) is 14.5. The molecule has 0 radical (unpaired) electrons. The van der Waals surface area contributed by atoms with Crippen molar-refractivity contribution in [1.29, 1.82) is 0 Å². The molecule has 55 heavy (non-hydrogen) atoms. The molecule has 15 heteroatoms. The molecule has 2 fully saturated rings. The first kappa shape index (κ1) is 49.1. The highest BCUT2D eigenvalue weighted by atomic mass is 16.7. The van der Waals surface area contributed by atoms with Crippen LogP contribution in [0.15, 0.2) is 24.3 Å². The summed E-state index contributed by atoms with van der Waals surface area (Å²) in [6.45, 7) is 2.32. The Hall–Kier alpha value is -2.02. The van der Waals surface area contributed by atoms with Gasteiger partial charge in [-0.1, -0.05) is 89.5 Å². The molecule has 320 valence electrons. The topological polar surface area (TPSA) is 231 Å². The lowest BCUT2D eigenvalue weighted by Crippen LogP contribution is -2.61. The SMILES string of the molecule is CCCCCC/C=C\C/C=C\CCCCCCCC(=O)OC(COC(=O)CCCCC)COC1OC(COC2OC(CO)C(O)C(O)C2O)C(O)C(O)C1O. The van der Waals surface area contributed by atoms with E-state index in [-0.39, 0.29) is 26.1 Å². The molecule has 2 aliphatic heterocycles. The monoisotopic (exact) mass is 790 g/mol. The molecular formula is C40H70O15. The van der Waals surface area contributed by atoms with E-state index < -0.39 is 92.7 Å². The lowest BCUT2D eigenvalue weighted by Gasteiger charge is -2.42. The van der Waals surface area contributed by atoms with E-state index in [2.05, 4.69) is 31.2 Å². The van der Waals surface area contributed by atoms with Crippen molar-refractivity contribution < 1.29 is 73.8 Å². The molecule has 7 N–H and O–H groups in total. The van der Waals surface area contributed by atoms with Crippen molar-refractivity contribution in [2.75, 3.05) is 26.4 Å². The molecule has 11 unspecified atom stereocenters. The van der Waals surface area contributed by atoms with Gasteiger partial charge in [-0.25, -0.2) is 0 Å². The van der Waals surface area contributed by atoms with Gasteiger partial charge in [-0.3, -0.25) is 9.59 Å². The summed E-state index contributed by atoms with van der Waals surface area (Å²) in [6.07, 6.45) is 7.63. The minimum atomic E-state index is -1.76. The zero-order chi connectivity index (χ0) is 40.4. The fraction of sp³-hybridized carbons (Fsp3) is 0.850.